The third-order valence-corrected chi connectivity index (χ3v) is 4.67. The largest absolute Gasteiger partial charge is 0.480 e. The molecule has 1 unspecified atom stereocenters. The van der Waals surface area contributed by atoms with Crippen LogP contribution in [0.1, 0.15) is 26.7 Å². The number of carbonyl (C=O) groups is 2. The highest BCUT2D eigenvalue weighted by atomic mass is 79.9. The molecule has 0 saturated heterocycles. The van der Waals surface area contributed by atoms with E-state index in [1.165, 1.54) is 6.92 Å². The summed E-state index contributed by atoms with van der Waals surface area (Å²) in [6, 6.07) is 2.54. The lowest BCUT2D eigenvalue weighted by atomic mass is 9.97. The van der Waals surface area contributed by atoms with Crippen molar-refractivity contribution in [3.63, 3.8) is 0 Å². The molecule has 0 aromatic heterocycles. The predicted molar refractivity (Wildman–Crippen MR) is 87.3 cm³/mol. The third kappa shape index (κ3) is 4.49. The summed E-state index contributed by atoms with van der Waals surface area (Å²) < 4.78 is 0.599. The van der Waals surface area contributed by atoms with E-state index in [0.717, 1.165) is 0 Å². The number of benzene rings is 1. The fourth-order valence-electron chi connectivity index (χ4n) is 1.75. The molecule has 0 aliphatic carbocycles. The van der Waals surface area contributed by atoms with Gasteiger partial charge in [-0.3, -0.25) is 0 Å². The van der Waals surface area contributed by atoms with Crippen molar-refractivity contribution in [2.24, 2.45) is 0 Å². The lowest BCUT2D eigenvalue weighted by Gasteiger charge is -2.26. The summed E-state index contributed by atoms with van der Waals surface area (Å²) in [6.07, 6.45) is 0.929. The highest BCUT2D eigenvalue weighted by Gasteiger charge is 2.33. The SMILES string of the molecule is CCCC(C)(NC(=O)Nc1ccc(Br)c(Cl)c1Cl)C(=O)O. The maximum atomic E-state index is 12.0. The van der Waals surface area contributed by atoms with E-state index in [1.807, 2.05) is 6.92 Å². The van der Waals surface area contributed by atoms with Gasteiger partial charge in [-0.05, 0) is 41.4 Å². The number of rotatable bonds is 5. The summed E-state index contributed by atoms with van der Waals surface area (Å²) in [5.41, 5.74) is -1.05. The van der Waals surface area contributed by atoms with Crippen molar-refractivity contribution in [2.45, 2.75) is 32.2 Å². The maximum absolute atomic E-state index is 12.0. The zero-order chi connectivity index (χ0) is 16.2. The van der Waals surface area contributed by atoms with Crippen LogP contribution in [0.2, 0.25) is 10.0 Å². The van der Waals surface area contributed by atoms with Gasteiger partial charge in [-0.1, -0.05) is 36.5 Å². The minimum atomic E-state index is -1.34. The van der Waals surface area contributed by atoms with Crippen LogP contribution in [0.4, 0.5) is 10.5 Å². The molecule has 0 aliphatic rings. The van der Waals surface area contributed by atoms with Crippen LogP contribution in [0.5, 0.6) is 0 Å². The molecular formula is C13H15BrCl2N2O3. The highest BCUT2D eigenvalue weighted by molar-refractivity contribution is 9.10. The van der Waals surface area contributed by atoms with Crippen LogP contribution >= 0.6 is 39.1 Å². The van der Waals surface area contributed by atoms with Crippen LogP contribution in [0.15, 0.2) is 16.6 Å². The number of hydrogen-bond donors (Lipinski definition) is 3. The van der Waals surface area contributed by atoms with Crippen molar-refractivity contribution in [1.82, 2.24) is 5.32 Å². The van der Waals surface area contributed by atoms with Gasteiger partial charge >= 0.3 is 12.0 Å². The van der Waals surface area contributed by atoms with E-state index >= 15 is 0 Å². The quantitative estimate of drug-likeness (QED) is 0.639. The predicted octanol–water partition coefficient (Wildman–Crippen LogP) is 4.52. The molecule has 0 bridgehead atoms. The Labute approximate surface area is 141 Å². The summed E-state index contributed by atoms with van der Waals surface area (Å²) in [6.45, 7) is 3.29. The second-order valence-corrected chi connectivity index (χ2v) is 6.30. The molecule has 0 spiro atoms. The lowest BCUT2D eigenvalue weighted by Crippen LogP contribution is -2.53. The average Bonchev–Trinajstić information content (AvgIpc) is 2.39. The van der Waals surface area contributed by atoms with E-state index in [-0.39, 0.29) is 10.0 Å². The summed E-state index contributed by atoms with van der Waals surface area (Å²) in [4.78, 5) is 23.2. The highest BCUT2D eigenvalue weighted by Crippen LogP contribution is 2.35. The molecule has 3 N–H and O–H groups in total. The van der Waals surface area contributed by atoms with Crippen molar-refractivity contribution >= 4 is 56.8 Å². The van der Waals surface area contributed by atoms with Crippen molar-refractivity contribution in [1.29, 1.82) is 0 Å². The van der Waals surface area contributed by atoms with Crippen LogP contribution in [0.3, 0.4) is 0 Å². The zero-order valence-corrected chi connectivity index (χ0v) is 14.6. The van der Waals surface area contributed by atoms with Crippen LogP contribution in [-0.2, 0) is 4.79 Å². The van der Waals surface area contributed by atoms with Crippen LogP contribution in [-0.4, -0.2) is 22.6 Å². The van der Waals surface area contributed by atoms with E-state index in [2.05, 4.69) is 26.6 Å². The van der Waals surface area contributed by atoms with E-state index < -0.39 is 17.5 Å². The molecule has 1 rings (SSSR count). The first-order valence-corrected chi connectivity index (χ1v) is 7.72. The Bertz CT molecular complexity index is 569. The molecule has 1 atom stereocenters. The fraction of sp³-hybridized carbons (Fsp3) is 0.385. The first kappa shape index (κ1) is 18.1. The van der Waals surface area contributed by atoms with Gasteiger partial charge in [0.25, 0.3) is 0 Å². The van der Waals surface area contributed by atoms with Crippen molar-refractivity contribution < 1.29 is 14.7 Å². The van der Waals surface area contributed by atoms with Gasteiger partial charge in [0.15, 0.2) is 0 Å². The van der Waals surface area contributed by atoms with E-state index in [9.17, 15) is 14.7 Å². The van der Waals surface area contributed by atoms with Gasteiger partial charge in [-0.25, -0.2) is 9.59 Å². The van der Waals surface area contributed by atoms with Gasteiger partial charge in [0.2, 0.25) is 0 Å². The average molecular weight is 398 g/mol. The molecule has 116 valence electrons. The second kappa shape index (κ2) is 7.33. The number of urea groups is 1. The van der Waals surface area contributed by atoms with Crippen LogP contribution in [0.25, 0.3) is 0 Å². The van der Waals surface area contributed by atoms with Gasteiger partial charge in [-0.15, -0.1) is 0 Å². The number of carbonyl (C=O) groups excluding carboxylic acids is 1. The number of aliphatic carboxylic acids is 1. The minimum Gasteiger partial charge on any atom is -0.480 e. The molecule has 21 heavy (non-hydrogen) atoms. The van der Waals surface area contributed by atoms with Crippen LogP contribution < -0.4 is 10.6 Å². The smallest absolute Gasteiger partial charge is 0.329 e. The minimum absolute atomic E-state index is 0.175. The Hall–Kier alpha value is -0.980. The summed E-state index contributed by atoms with van der Waals surface area (Å²) in [5, 5.41) is 14.6. The molecule has 0 fully saturated rings. The molecule has 8 heteroatoms. The van der Waals surface area contributed by atoms with E-state index in [0.29, 0.717) is 23.0 Å². The van der Waals surface area contributed by atoms with Gasteiger partial charge in [0, 0.05) is 4.47 Å². The Morgan fingerprint density at radius 1 is 1.33 bits per heavy atom. The number of carboxylic acids is 1. The Morgan fingerprint density at radius 3 is 2.48 bits per heavy atom. The van der Waals surface area contributed by atoms with Crippen molar-refractivity contribution in [3.05, 3.63) is 26.7 Å². The second-order valence-electron chi connectivity index (χ2n) is 4.69. The zero-order valence-electron chi connectivity index (χ0n) is 11.5. The Kier molecular flexibility index (Phi) is 6.31. The number of halogens is 3. The normalized spacial score (nSPS) is 13.4. The summed E-state index contributed by atoms with van der Waals surface area (Å²) in [5.74, 6) is -1.10. The fourth-order valence-corrected chi connectivity index (χ4v) is 2.57. The molecule has 1 aromatic rings. The first-order valence-electron chi connectivity index (χ1n) is 6.17. The number of amides is 2. The number of hydrogen-bond acceptors (Lipinski definition) is 2. The van der Waals surface area contributed by atoms with Crippen LogP contribution in [0, 0.1) is 0 Å². The number of carboxylic acid groups (broad SMARTS) is 1. The molecule has 0 heterocycles. The van der Waals surface area contributed by atoms with E-state index in [4.69, 9.17) is 23.2 Å². The molecule has 5 nitrogen and oxygen atoms in total. The molecule has 1 aromatic carbocycles. The van der Waals surface area contributed by atoms with Crippen molar-refractivity contribution in [2.75, 3.05) is 5.32 Å². The first-order chi connectivity index (χ1) is 9.71. The topological polar surface area (TPSA) is 78.4 Å². The molecule has 0 saturated carbocycles. The third-order valence-electron chi connectivity index (χ3n) is 2.89. The van der Waals surface area contributed by atoms with Gasteiger partial charge in [-0.2, -0.15) is 0 Å². The number of anilines is 1. The monoisotopic (exact) mass is 396 g/mol. The van der Waals surface area contributed by atoms with E-state index in [1.54, 1.807) is 12.1 Å². The van der Waals surface area contributed by atoms with Gasteiger partial charge in [0.05, 0.1) is 15.7 Å². The Morgan fingerprint density at radius 2 is 1.95 bits per heavy atom. The Balaban J connectivity index is 2.87. The standard InChI is InChI=1S/C13H15BrCl2N2O3/c1-3-6-13(2,11(19)20)18-12(21)17-8-5-4-7(14)9(15)10(8)16/h4-5H,3,6H2,1-2H3,(H,19,20)(H2,17,18,21). The molecule has 0 radical (unpaired) electrons. The summed E-state index contributed by atoms with van der Waals surface area (Å²) in [7, 11) is 0. The van der Waals surface area contributed by atoms with Gasteiger partial charge in [0.1, 0.15) is 5.54 Å². The van der Waals surface area contributed by atoms with Crippen molar-refractivity contribution in [3.8, 4) is 0 Å². The molecular weight excluding hydrogens is 383 g/mol. The van der Waals surface area contributed by atoms with Gasteiger partial charge < -0.3 is 15.7 Å². The summed E-state index contributed by atoms with van der Waals surface area (Å²) >= 11 is 15.2. The molecule has 0 aliphatic heterocycles. The number of nitrogens with one attached hydrogen (secondary N) is 2. The molecule has 2 amide bonds. The lowest BCUT2D eigenvalue weighted by molar-refractivity contribution is -0.143. The maximum Gasteiger partial charge on any atom is 0.329 e.